The standard InChI is InChI=1S/C36H40N4O8/c1-45-31-16-13-28(25-7-9-26(10-8-25)33(37)39-36(44)48-22-24-5-3-2-4-6-24)21-30(31)34(42)38-29-14-11-27(12-15-29)35(43)47-23-32(41)40-17-19-46-20-18-40/h2-10,13,16,21,27,29H,11-12,14-15,17-20,22-23H2,1H3,(H,38,42)(H2,37,39,44). The van der Waals surface area contributed by atoms with Crippen LogP contribution >= 0.6 is 0 Å². The van der Waals surface area contributed by atoms with E-state index in [1.165, 1.54) is 7.11 Å². The van der Waals surface area contributed by atoms with Gasteiger partial charge in [0.2, 0.25) is 0 Å². The number of amidine groups is 1. The highest BCUT2D eigenvalue weighted by atomic mass is 16.5. The maximum Gasteiger partial charge on any atom is 0.413 e. The molecule has 1 heterocycles. The van der Waals surface area contributed by atoms with E-state index in [0.29, 0.717) is 68.9 Å². The molecule has 3 aromatic rings. The van der Waals surface area contributed by atoms with Crippen LogP contribution in [0.15, 0.2) is 72.8 Å². The molecule has 0 bridgehead atoms. The van der Waals surface area contributed by atoms with Gasteiger partial charge in [-0.05, 0) is 54.5 Å². The molecule has 3 aromatic carbocycles. The Hall–Kier alpha value is -5.23. The van der Waals surface area contributed by atoms with Crippen molar-refractivity contribution in [2.24, 2.45) is 5.92 Å². The minimum Gasteiger partial charge on any atom is -0.496 e. The molecule has 252 valence electrons. The Bertz CT molecular complexity index is 1600. The fourth-order valence-corrected chi connectivity index (χ4v) is 5.72. The van der Waals surface area contributed by atoms with Gasteiger partial charge in [-0.3, -0.25) is 25.1 Å². The number of alkyl carbamates (subject to hydrolysis) is 1. The summed E-state index contributed by atoms with van der Waals surface area (Å²) in [6.07, 6.45) is 1.59. The number of nitrogens with zero attached hydrogens (tertiary/aromatic N) is 1. The quantitative estimate of drug-likeness (QED) is 0.166. The number of carbonyl (C=O) groups excluding carboxylic acids is 4. The molecule has 0 spiro atoms. The van der Waals surface area contributed by atoms with Gasteiger partial charge >= 0.3 is 12.1 Å². The number of hydrogen-bond acceptors (Lipinski definition) is 9. The number of carbonyl (C=O) groups is 4. The highest BCUT2D eigenvalue weighted by Gasteiger charge is 2.30. The molecule has 0 unspecified atom stereocenters. The van der Waals surface area contributed by atoms with E-state index < -0.39 is 6.09 Å². The predicted molar refractivity (Wildman–Crippen MR) is 177 cm³/mol. The lowest BCUT2D eigenvalue weighted by molar-refractivity contribution is -0.157. The van der Waals surface area contributed by atoms with Crippen LogP contribution in [-0.4, -0.2) is 80.7 Å². The molecule has 1 saturated carbocycles. The number of morpholine rings is 1. The molecule has 12 nitrogen and oxygen atoms in total. The first-order valence-corrected chi connectivity index (χ1v) is 16.0. The molecule has 0 atom stereocenters. The van der Waals surface area contributed by atoms with Crippen LogP contribution in [0.1, 0.15) is 47.2 Å². The van der Waals surface area contributed by atoms with Gasteiger partial charge in [0.15, 0.2) is 6.61 Å². The van der Waals surface area contributed by atoms with Gasteiger partial charge in [0, 0.05) is 24.7 Å². The van der Waals surface area contributed by atoms with E-state index in [0.717, 1.165) is 16.7 Å². The van der Waals surface area contributed by atoms with Crippen LogP contribution in [0.2, 0.25) is 0 Å². The van der Waals surface area contributed by atoms with E-state index in [1.807, 2.05) is 36.4 Å². The molecule has 3 N–H and O–H groups in total. The molecule has 3 amide bonds. The lowest BCUT2D eigenvalue weighted by Crippen LogP contribution is -2.43. The van der Waals surface area contributed by atoms with Crippen molar-refractivity contribution >= 4 is 29.7 Å². The van der Waals surface area contributed by atoms with E-state index in [-0.39, 0.29) is 48.8 Å². The molecule has 12 heteroatoms. The van der Waals surface area contributed by atoms with Gasteiger partial charge in [0.05, 0.1) is 31.8 Å². The van der Waals surface area contributed by atoms with Gasteiger partial charge in [-0.15, -0.1) is 0 Å². The first-order valence-electron chi connectivity index (χ1n) is 16.0. The minimum atomic E-state index is -0.719. The summed E-state index contributed by atoms with van der Waals surface area (Å²) in [6.45, 7) is 1.80. The molecular formula is C36H40N4O8. The molecular weight excluding hydrogens is 616 g/mol. The number of hydrogen-bond donors (Lipinski definition) is 3. The van der Waals surface area contributed by atoms with E-state index >= 15 is 0 Å². The van der Waals surface area contributed by atoms with Crippen molar-refractivity contribution < 1.29 is 38.1 Å². The summed E-state index contributed by atoms with van der Waals surface area (Å²) in [5.41, 5.74) is 3.28. The molecule has 2 fully saturated rings. The third-order valence-electron chi connectivity index (χ3n) is 8.49. The summed E-state index contributed by atoms with van der Waals surface area (Å²) in [4.78, 5) is 52.1. The molecule has 0 aromatic heterocycles. The van der Waals surface area contributed by atoms with Crippen LogP contribution in [0.5, 0.6) is 5.75 Å². The summed E-state index contributed by atoms with van der Waals surface area (Å²) < 4.78 is 21.3. The molecule has 1 aliphatic heterocycles. The highest BCUT2D eigenvalue weighted by molar-refractivity contribution is 6.04. The van der Waals surface area contributed by atoms with Gasteiger partial charge in [-0.2, -0.15) is 0 Å². The summed E-state index contributed by atoms with van der Waals surface area (Å²) >= 11 is 0. The van der Waals surface area contributed by atoms with Crippen LogP contribution in [0, 0.1) is 11.3 Å². The van der Waals surface area contributed by atoms with Crippen molar-refractivity contribution in [1.29, 1.82) is 5.41 Å². The van der Waals surface area contributed by atoms with E-state index in [1.54, 1.807) is 41.3 Å². The first kappa shape index (κ1) is 34.1. The average Bonchev–Trinajstić information content (AvgIpc) is 3.13. The molecule has 48 heavy (non-hydrogen) atoms. The van der Waals surface area contributed by atoms with Crippen LogP contribution < -0.4 is 15.4 Å². The maximum absolute atomic E-state index is 13.4. The van der Waals surface area contributed by atoms with E-state index in [9.17, 15) is 19.2 Å². The van der Waals surface area contributed by atoms with Gasteiger partial charge in [0.1, 0.15) is 18.2 Å². The summed E-state index contributed by atoms with van der Waals surface area (Å²) in [5.74, 6) is -0.863. The third kappa shape index (κ3) is 9.19. The second-order valence-electron chi connectivity index (χ2n) is 11.7. The topological polar surface area (TPSA) is 156 Å². The molecule has 2 aliphatic rings. The Morgan fingerprint density at radius 2 is 1.56 bits per heavy atom. The van der Waals surface area contributed by atoms with Crippen molar-refractivity contribution in [3.05, 3.63) is 89.5 Å². The van der Waals surface area contributed by atoms with Gasteiger partial charge < -0.3 is 29.2 Å². The van der Waals surface area contributed by atoms with E-state index in [4.69, 9.17) is 24.4 Å². The van der Waals surface area contributed by atoms with Crippen molar-refractivity contribution in [2.75, 3.05) is 40.0 Å². The summed E-state index contributed by atoms with van der Waals surface area (Å²) in [6, 6.07) is 21.5. The minimum absolute atomic E-state index is 0.0983. The SMILES string of the molecule is COc1ccc(-c2ccc(C(=N)NC(=O)OCc3ccccc3)cc2)cc1C(=O)NC1CCC(C(=O)OCC(=O)N2CCOCC2)CC1. The van der Waals surface area contributed by atoms with Crippen molar-refractivity contribution in [3.63, 3.8) is 0 Å². The lowest BCUT2D eigenvalue weighted by atomic mass is 9.86. The number of amides is 3. The zero-order chi connectivity index (χ0) is 33.9. The normalized spacial score (nSPS) is 17.5. The van der Waals surface area contributed by atoms with Gasteiger partial charge in [-0.25, -0.2) is 4.79 Å². The number of benzene rings is 3. The predicted octanol–water partition coefficient (Wildman–Crippen LogP) is 4.30. The monoisotopic (exact) mass is 656 g/mol. The van der Waals surface area contributed by atoms with Crippen LogP contribution in [0.25, 0.3) is 11.1 Å². The number of esters is 1. The number of methoxy groups -OCH3 is 1. The third-order valence-corrected chi connectivity index (χ3v) is 8.49. The fraction of sp³-hybridized carbons (Fsp3) is 0.361. The number of nitrogens with one attached hydrogen (secondary N) is 3. The Morgan fingerprint density at radius 1 is 0.875 bits per heavy atom. The average molecular weight is 657 g/mol. The van der Waals surface area contributed by atoms with Crippen molar-refractivity contribution in [3.8, 4) is 16.9 Å². The largest absolute Gasteiger partial charge is 0.496 e. The Kier molecular flexibility index (Phi) is 11.8. The lowest BCUT2D eigenvalue weighted by Gasteiger charge is -2.29. The molecule has 1 saturated heterocycles. The Balaban J connectivity index is 1.11. The smallest absolute Gasteiger partial charge is 0.413 e. The fourth-order valence-electron chi connectivity index (χ4n) is 5.72. The van der Waals surface area contributed by atoms with Crippen molar-refractivity contribution in [1.82, 2.24) is 15.5 Å². The highest BCUT2D eigenvalue weighted by Crippen LogP contribution is 2.29. The molecule has 1 aliphatic carbocycles. The number of rotatable bonds is 10. The van der Waals surface area contributed by atoms with Gasteiger partial charge in [-0.1, -0.05) is 60.7 Å². The first-order chi connectivity index (χ1) is 23.3. The zero-order valence-electron chi connectivity index (χ0n) is 26.9. The Morgan fingerprint density at radius 3 is 2.25 bits per heavy atom. The molecule has 0 radical (unpaired) electrons. The van der Waals surface area contributed by atoms with Gasteiger partial charge in [0.25, 0.3) is 11.8 Å². The zero-order valence-corrected chi connectivity index (χ0v) is 26.9. The summed E-state index contributed by atoms with van der Waals surface area (Å²) in [7, 11) is 1.50. The Labute approximate surface area is 279 Å². The second-order valence-corrected chi connectivity index (χ2v) is 11.7. The maximum atomic E-state index is 13.4. The summed E-state index contributed by atoms with van der Waals surface area (Å²) in [5, 5.41) is 13.8. The van der Waals surface area contributed by atoms with Crippen molar-refractivity contribution in [2.45, 2.75) is 38.3 Å². The van der Waals surface area contributed by atoms with Crippen LogP contribution in [0.3, 0.4) is 0 Å². The second kappa shape index (κ2) is 16.6. The van der Waals surface area contributed by atoms with E-state index in [2.05, 4.69) is 10.6 Å². The van der Waals surface area contributed by atoms with Crippen LogP contribution in [0.4, 0.5) is 4.79 Å². The molecule has 5 rings (SSSR count). The van der Waals surface area contributed by atoms with Crippen LogP contribution in [-0.2, 0) is 30.4 Å². The number of ether oxygens (including phenoxy) is 4.